The maximum atomic E-state index is 11.7. The van der Waals surface area contributed by atoms with E-state index in [1.165, 1.54) is 5.56 Å². The molecule has 0 bridgehead atoms. The third-order valence-electron chi connectivity index (χ3n) is 3.29. The lowest BCUT2D eigenvalue weighted by atomic mass is 10.1. The molecule has 0 fully saturated rings. The lowest BCUT2D eigenvalue weighted by Crippen LogP contribution is -2.42. The molecule has 1 rings (SSSR count). The number of rotatable bonds is 8. The number of carbonyl (C=O) groups is 1. The standard InChI is InChI=1S/C19H31N3O3/c1-15(16-10-7-6-8-11-16)24-13-9-12-21-18(20-5)22-14-17(23)25-19(2,3)4/h6-8,10-11,15H,9,12-14H2,1-5H3,(H2,20,21,22). The van der Waals surface area contributed by atoms with Crippen LogP contribution in [0.5, 0.6) is 0 Å². The minimum atomic E-state index is -0.484. The summed E-state index contributed by atoms with van der Waals surface area (Å²) in [5.74, 6) is 0.262. The van der Waals surface area contributed by atoms with Gasteiger partial charge < -0.3 is 20.1 Å². The summed E-state index contributed by atoms with van der Waals surface area (Å²) < 4.78 is 11.1. The first-order valence-corrected chi connectivity index (χ1v) is 8.64. The first-order valence-electron chi connectivity index (χ1n) is 8.64. The lowest BCUT2D eigenvalue weighted by Gasteiger charge is -2.20. The zero-order valence-electron chi connectivity index (χ0n) is 16.0. The molecule has 0 aliphatic rings. The van der Waals surface area contributed by atoms with Crippen LogP contribution in [0.25, 0.3) is 0 Å². The first kappa shape index (κ1) is 21.0. The second-order valence-electron chi connectivity index (χ2n) is 6.72. The molecule has 0 aliphatic carbocycles. The molecular formula is C19H31N3O3. The first-order chi connectivity index (χ1) is 11.8. The van der Waals surface area contributed by atoms with Gasteiger partial charge in [0.2, 0.25) is 0 Å². The molecule has 0 aliphatic heterocycles. The van der Waals surface area contributed by atoms with Crippen LogP contribution in [0.2, 0.25) is 0 Å². The molecule has 1 atom stereocenters. The molecule has 0 saturated carbocycles. The van der Waals surface area contributed by atoms with Gasteiger partial charge in [-0.15, -0.1) is 0 Å². The van der Waals surface area contributed by atoms with E-state index >= 15 is 0 Å². The van der Waals surface area contributed by atoms with Gasteiger partial charge in [-0.2, -0.15) is 0 Å². The number of ether oxygens (including phenoxy) is 2. The summed E-state index contributed by atoms with van der Waals surface area (Å²) in [5.41, 5.74) is 0.688. The Labute approximate surface area is 151 Å². The molecule has 25 heavy (non-hydrogen) atoms. The molecule has 0 heterocycles. The Balaban J connectivity index is 2.18. The van der Waals surface area contributed by atoms with E-state index in [2.05, 4.69) is 27.8 Å². The molecule has 0 amide bonds. The number of esters is 1. The second-order valence-corrected chi connectivity index (χ2v) is 6.72. The molecule has 2 N–H and O–H groups in total. The Morgan fingerprint density at radius 3 is 2.48 bits per heavy atom. The van der Waals surface area contributed by atoms with Crippen LogP contribution in [0.15, 0.2) is 35.3 Å². The SMILES string of the molecule is CN=C(NCCCOC(C)c1ccccc1)NCC(=O)OC(C)(C)C. The summed E-state index contributed by atoms with van der Waals surface area (Å²) in [7, 11) is 1.67. The fourth-order valence-corrected chi connectivity index (χ4v) is 2.11. The van der Waals surface area contributed by atoms with E-state index in [1.54, 1.807) is 7.05 Å². The number of guanidine groups is 1. The van der Waals surface area contributed by atoms with Gasteiger partial charge >= 0.3 is 5.97 Å². The molecule has 0 aromatic heterocycles. The quantitative estimate of drug-likeness (QED) is 0.327. The average Bonchev–Trinajstić information content (AvgIpc) is 2.56. The van der Waals surface area contributed by atoms with Crippen LogP contribution >= 0.6 is 0 Å². The van der Waals surface area contributed by atoms with Crippen molar-refractivity contribution in [3.05, 3.63) is 35.9 Å². The van der Waals surface area contributed by atoms with Crippen molar-refractivity contribution >= 4 is 11.9 Å². The van der Waals surface area contributed by atoms with E-state index in [0.29, 0.717) is 19.1 Å². The minimum absolute atomic E-state index is 0.0748. The van der Waals surface area contributed by atoms with Gasteiger partial charge in [-0.1, -0.05) is 30.3 Å². The number of hydrogen-bond donors (Lipinski definition) is 2. The molecule has 1 aromatic rings. The van der Waals surface area contributed by atoms with Crippen molar-refractivity contribution in [2.24, 2.45) is 4.99 Å². The van der Waals surface area contributed by atoms with E-state index in [1.807, 2.05) is 45.9 Å². The largest absolute Gasteiger partial charge is 0.459 e. The third-order valence-corrected chi connectivity index (χ3v) is 3.29. The van der Waals surface area contributed by atoms with Crippen LogP contribution in [0, 0.1) is 0 Å². The number of hydrogen-bond acceptors (Lipinski definition) is 4. The van der Waals surface area contributed by atoms with Crippen LogP contribution in [0.3, 0.4) is 0 Å². The summed E-state index contributed by atoms with van der Waals surface area (Å²) in [6.45, 7) is 9.00. The van der Waals surface area contributed by atoms with E-state index in [-0.39, 0.29) is 18.6 Å². The molecule has 6 heteroatoms. The molecule has 140 valence electrons. The van der Waals surface area contributed by atoms with Gasteiger partial charge in [0, 0.05) is 20.2 Å². The fraction of sp³-hybridized carbons (Fsp3) is 0.579. The van der Waals surface area contributed by atoms with Crippen LogP contribution in [-0.2, 0) is 14.3 Å². The van der Waals surface area contributed by atoms with E-state index in [4.69, 9.17) is 9.47 Å². The topological polar surface area (TPSA) is 72.0 Å². The minimum Gasteiger partial charge on any atom is -0.459 e. The molecule has 1 unspecified atom stereocenters. The highest BCUT2D eigenvalue weighted by molar-refractivity contribution is 5.84. The van der Waals surface area contributed by atoms with Gasteiger partial charge in [-0.05, 0) is 39.7 Å². The summed E-state index contributed by atoms with van der Waals surface area (Å²) in [4.78, 5) is 15.8. The fourth-order valence-electron chi connectivity index (χ4n) is 2.11. The molecule has 6 nitrogen and oxygen atoms in total. The molecular weight excluding hydrogens is 318 g/mol. The zero-order chi connectivity index (χ0) is 18.7. The van der Waals surface area contributed by atoms with Crippen molar-refractivity contribution < 1.29 is 14.3 Å². The monoisotopic (exact) mass is 349 g/mol. The van der Waals surface area contributed by atoms with Crippen molar-refractivity contribution in [2.45, 2.75) is 45.8 Å². The van der Waals surface area contributed by atoms with Gasteiger partial charge in [-0.3, -0.25) is 9.79 Å². The van der Waals surface area contributed by atoms with Crippen molar-refractivity contribution in [1.82, 2.24) is 10.6 Å². The van der Waals surface area contributed by atoms with Gasteiger partial charge in [0.25, 0.3) is 0 Å². The predicted molar refractivity (Wildman–Crippen MR) is 101 cm³/mol. The maximum absolute atomic E-state index is 11.7. The van der Waals surface area contributed by atoms with Crippen LogP contribution in [0.4, 0.5) is 0 Å². The Bertz CT molecular complexity index is 539. The van der Waals surface area contributed by atoms with E-state index in [0.717, 1.165) is 6.42 Å². The molecule has 0 radical (unpaired) electrons. The summed E-state index contributed by atoms with van der Waals surface area (Å²) in [5, 5.41) is 6.09. The van der Waals surface area contributed by atoms with Crippen LogP contribution in [0.1, 0.15) is 45.8 Å². The Morgan fingerprint density at radius 1 is 1.20 bits per heavy atom. The predicted octanol–water partition coefficient (Wildman–Crippen LogP) is 2.66. The smallest absolute Gasteiger partial charge is 0.325 e. The Kier molecular flexibility index (Phi) is 8.99. The number of aliphatic imine (C=N–C) groups is 1. The van der Waals surface area contributed by atoms with E-state index < -0.39 is 5.60 Å². The molecule has 0 spiro atoms. The normalized spacial score (nSPS) is 13.2. The third kappa shape index (κ3) is 9.72. The van der Waals surface area contributed by atoms with Crippen molar-refractivity contribution in [3.8, 4) is 0 Å². The summed E-state index contributed by atoms with van der Waals surface area (Å²) in [6, 6.07) is 10.1. The van der Waals surface area contributed by atoms with Gasteiger partial charge in [-0.25, -0.2) is 0 Å². The number of nitrogens with one attached hydrogen (secondary N) is 2. The highest BCUT2D eigenvalue weighted by atomic mass is 16.6. The van der Waals surface area contributed by atoms with E-state index in [9.17, 15) is 4.79 Å². The van der Waals surface area contributed by atoms with Gasteiger partial charge in [0.05, 0.1) is 6.10 Å². The Hall–Kier alpha value is -2.08. The van der Waals surface area contributed by atoms with Crippen molar-refractivity contribution in [1.29, 1.82) is 0 Å². The van der Waals surface area contributed by atoms with Crippen LogP contribution in [-0.4, -0.2) is 44.3 Å². The van der Waals surface area contributed by atoms with Gasteiger partial charge in [0.1, 0.15) is 12.1 Å². The number of carbonyl (C=O) groups excluding carboxylic acids is 1. The zero-order valence-corrected chi connectivity index (χ0v) is 16.0. The number of benzene rings is 1. The lowest BCUT2D eigenvalue weighted by molar-refractivity contribution is -0.153. The molecule has 1 aromatic carbocycles. The number of nitrogens with zero attached hydrogens (tertiary/aromatic N) is 1. The van der Waals surface area contributed by atoms with Crippen molar-refractivity contribution in [3.63, 3.8) is 0 Å². The molecule has 0 saturated heterocycles. The maximum Gasteiger partial charge on any atom is 0.325 e. The Morgan fingerprint density at radius 2 is 1.88 bits per heavy atom. The van der Waals surface area contributed by atoms with Crippen molar-refractivity contribution in [2.75, 3.05) is 26.7 Å². The van der Waals surface area contributed by atoms with Gasteiger partial charge in [0.15, 0.2) is 5.96 Å². The highest BCUT2D eigenvalue weighted by Crippen LogP contribution is 2.15. The second kappa shape index (κ2) is 10.7. The van der Waals surface area contributed by atoms with Crippen LogP contribution < -0.4 is 10.6 Å². The highest BCUT2D eigenvalue weighted by Gasteiger charge is 2.16. The summed E-state index contributed by atoms with van der Waals surface area (Å²) >= 11 is 0. The average molecular weight is 349 g/mol. The summed E-state index contributed by atoms with van der Waals surface area (Å²) in [6.07, 6.45) is 0.912.